The highest BCUT2D eigenvalue weighted by Crippen LogP contribution is 2.48. The lowest BCUT2D eigenvalue weighted by Crippen LogP contribution is -2.50. The van der Waals surface area contributed by atoms with Crippen molar-refractivity contribution in [2.45, 2.75) is 147 Å². The number of hydrogen-bond acceptors (Lipinski definition) is 7. The summed E-state index contributed by atoms with van der Waals surface area (Å²) in [6.45, 7) is 11.4. The molecule has 0 aromatic heterocycles. The number of amides is 2. The van der Waals surface area contributed by atoms with E-state index in [1.807, 2.05) is 6.92 Å². The summed E-state index contributed by atoms with van der Waals surface area (Å²) in [4.78, 5) is 36.0. The highest BCUT2D eigenvalue weighted by molar-refractivity contribution is 5.87. The van der Waals surface area contributed by atoms with Crippen molar-refractivity contribution in [1.82, 2.24) is 10.6 Å². The van der Waals surface area contributed by atoms with Gasteiger partial charge in [0, 0.05) is 31.9 Å². The Bertz CT molecular complexity index is 1070. The Kier molecular flexibility index (Phi) is 11.1. The molecule has 0 aromatic rings. The molecule has 1 aliphatic carbocycles. The summed E-state index contributed by atoms with van der Waals surface area (Å²) in [5, 5.41) is 6.16. The molecule has 4 aliphatic rings. The molecule has 3 saturated heterocycles. The second-order valence-corrected chi connectivity index (χ2v) is 12.9. The molecule has 1 spiro atoms. The fraction of sp³-hybridized carbons (Fsp3) is 0.727. The summed E-state index contributed by atoms with van der Waals surface area (Å²) < 4.78 is 23.7. The van der Waals surface area contributed by atoms with Crippen LogP contribution in [0.2, 0.25) is 0 Å². The predicted molar refractivity (Wildman–Crippen MR) is 160 cm³/mol. The summed E-state index contributed by atoms with van der Waals surface area (Å²) in [6.07, 6.45) is 15.8. The maximum Gasteiger partial charge on any atom is 0.303 e. The average molecular weight is 587 g/mol. The Morgan fingerprint density at radius 2 is 1.79 bits per heavy atom. The second kappa shape index (κ2) is 14.3. The average Bonchev–Trinajstić information content (AvgIpc) is 3.50. The van der Waals surface area contributed by atoms with Crippen LogP contribution < -0.4 is 10.6 Å². The van der Waals surface area contributed by atoms with Gasteiger partial charge in [0.2, 0.25) is 11.8 Å². The van der Waals surface area contributed by atoms with E-state index in [9.17, 15) is 14.4 Å². The molecule has 0 radical (unpaired) electrons. The van der Waals surface area contributed by atoms with Gasteiger partial charge in [0.15, 0.2) is 0 Å². The summed E-state index contributed by atoms with van der Waals surface area (Å²) in [6, 6.07) is 0.248. The van der Waals surface area contributed by atoms with Gasteiger partial charge in [0.25, 0.3) is 0 Å². The fourth-order valence-corrected chi connectivity index (χ4v) is 6.28. The van der Waals surface area contributed by atoms with Crippen LogP contribution in [-0.2, 0) is 33.3 Å². The topological polar surface area (TPSA) is 115 Å². The van der Waals surface area contributed by atoms with E-state index in [2.05, 4.69) is 49.6 Å². The van der Waals surface area contributed by atoms with Gasteiger partial charge < -0.3 is 29.6 Å². The SMILES string of the molecule is CC(=O)OC(C)/C=C\C(=O)NC1CC(C)C(C/C=C(C)/C=C/[C@@H]2C[C@]3(C[C@@H](CC(=O)NC4CCC4)O2)OC3C)OC1C. The second-order valence-electron chi connectivity index (χ2n) is 12.9. The van der Waals surface area contributed by atoms with E-state index in [4.69, 9.17) is 18.9 Å². The summed E-state index contributed by atoms with van der Waals surface area (Å²) >= 11 is 0. The zero-order valence-corrected chi connectivity index (χ0v) is 26.1. The smallest absolute Gasteiger partial charge is 0.303 e. The molecule has 3 heterocycles. The third-order valence-electron chi connectivity index (χ3n) is 9.13. The largest absolute Gasteiger partial charge is 0.459 e. The van der Waals surface area contributed by atoms with Gasteiger partial charge in [0.05, 0.1) is 48.6 Å². The number of carbonyl (C=O) groups is 3. The van der Waals surface area contributed by atoms with Crippen molar-refractivity contribution in [1.29, 1.82) is 0 Å². The highest BCUT2D eigenvalue weighted by atomic mass is 16.6. The number of esters is 1. The van der Waals surface area contributed by atoms with Crippen LogP contribution in [0.3, 0.4) is 0 Å². The first-order valence-corrected chi connectivity index (χ1v) is 15.7. The van der Waals surface area contributed by atoms with Crippen LogP contribution in [0.1, 0.15) is 92.9 Å². The highest BCUT2D eigenvalue weighted by Gasteiger charge is 2.57. The van der Waals surface area contributed by atoms with Crippen molar-refractivity contribution in [2.24, 2.45) is 5.92 Å². The molecule has 0 aromatic carbocycles. The summed E-state index contributed by atoms with van der Waals surface area (Å²) in [5.74, 6) is -0.254. The molecule has 0 bridgehead atoms. The molecule has 9 heteroatoms. The Morgan fingerprint density at radius 1 is 1.05 bits per heavy atom. The standard InChI is InChI=1S/C33H50N2O7/c1-20(10-13-27-18-33(24(5)42-33)19-28(41-27)17-32(38)34-26-8-7-9-26)11-14-30-21(2)16-29(23(4)40-30)35-31(37)15-12-22(3)39-25(6)36/h10-13,15,21-24,26-30H,7-9,14,16-19H2,1-6H3,(H,34,38)(H,35,37)/b13-10+,15-12-,20-11+/t21?,22?,23?,24?,27-,28-,29?,30?,33-/m1/s1. The molecule has 1 saturated carbocycles. The van der Waals surface area contributed by atoms with Crippen LogP contribution in [0.15, 0.2) is 36.0 Å². The molecule has 3 aliphatic heterocycles. The molecule has 2 amide bonds. The first-order chi connectivity index (χ1) is 19.9. The van der Waals surface area contributed by atoms with Crippen LogP contribution in [0.4, 0.5) is 0 Å². The number of hydrogen-bond donors (Lipinski definition) is 2. The Labute approximate surface area is 250 Å². The Balaban J connectivity index is 1.24. The minimum absolute atomic E-state index is 0.0597. The van der Waals surface area contributed by atoms with E-state index in [-0.39, 0.29) is 65.9 Å². The molecule has 2 N–H and O–H groups in total. The minimum atomic E-state index is -0.457. The third kappa shape index (κ3) is 9.25. The molecule has 6 unspecified atom stereocenters. The van der Waals surface area contributed by atoms with Crippen molar-refractivity contribution in [3.63, 3.8) is 0 Å². The Hall–Kier alpha value is -2.49. The lowest BCUT2D eigenvalue weighted by atomic mass is 9.87. The fourth-order valence-electron chi connectivity index (χ4n) is 6.28. The zero-order valence-electron chi connectivity index (χ0n) is 26.1. The van der Waals surface area contributed by atoms with E-state index in [0.29, 0.717) is 12.5 Å². The van der Waals surface area contributed by atoms with Gasteiger partial charge in [-0.05, 0) is 71.8 Å². The van der Waals surface area contributed by atoms with Gasteiger partial charge in [-0.2, -0.15) is 0 Å². The summed E-state index contributed by atoms with van der Waals surface area (Å²) in [7, 11) is 0. The van der Waals surface area contributed by atoms with E-state index < -0.39 is 6.10 Å². The number of allylic oxidation sites excluding steroid dienone is 2. The van der Waals surface area contributed by atoms with E-state index in [0.717, 1.165) is 44.1 Å². The third-order valence-corrected chi connectivity index (χ3v) is 9.13. The molecule has 42 heavy (non-hydrogen) atoms. The lowest BCUT2D eigenvalue weighted by Gasteiger charge is -2.39. The number of carbonyl (C=O) groups excluding carboxylic acids is 3. The van der Waals surface area contributed by atoms with Crippen molar-refractivity contribution in [3.8, 4) is 0 Å². The number of nitrogens with one attached hydrogen (secondary N) is 2. The number of epoxide rings is 1. The van der Waals surface area contributed by atoms with E-state index >= 15 is 0 Å². The molecular formula is C33H50N2O7. The van der Waals surface area contributed by atoms with Gasteiger partial charge in [-0.1, -0.05) is 30.7 Å². The molecule has 4 fully saturated rings. The summed E-state index contributed by atoms with van der Waals surface area (Å²) in [5.41, 5.74) is 0.962. The van der Waals surface area contributed by atoms with Gasteiger partial charge in [-0.3, -0.25) is 14.4 Å². The van der Waals surface area contributed by atoms with Crippen LogP contribution >= 0.6 is 0 Å². The van der Waals surface area contributed by atoms with E-state index in [1.165, 1.54) is 19.4 Å². The molecule has 4 rings (SSSR count). The maximum absolute atomic E-state index is 12.5. The quantitative estimate of drug-likeness (QED) is 0.159. The maximum atomic E-state index is 12.5. The zero-order chi connectivity index (χ0) is 30.4. The van der Waals surface area contributed by atoms with Crippen LogP contribution in [0.5, 0.6) is 0 Å². The van der Waals surface area contributed by atoms with Crippen molar-refractivity contribution in [3.05, 3.63) is 36.0 Å². The van der Waals surface area contributed by atoms with Crippen LogP contribution in [0.25, 0.3) is 0 Å². The first-order valence-electron chi connectivity index (χ1n) is 15.7. The normalized spacial score (nSPS) is 36.0. The first kappa shape index (κ1) is 32.4. The molecular weight excluding hydrogens is 536 g/mol. The van der Waals surface area contributed by atoms with Crippen molar-refractivity contribution < 1.29 is 33.3 Å². The minimum Gasteiger partial charge on any atom is -0.459 e. The van der Waals surface area contributed by atoms with Gasteiger partial charge in [-0.25, -0.2) is 0 Å². The van der Waals surface area contributed by atoms with Crippen LogP contribution in [-0.4, -0.2) is 72.1 Å². The van der Waals surface area contributed by atoms with Gasteiger partial charge in [0.1, 0.15) is 6.10 Å². The number of ether oxygens (including phenoxy) is 4. The van der Waals surface area contributed by atoms with E-state index in [1.54, 1.807) is 13.0 Å². The van der Waals surface area contributed by atoms with Gasteiger partial charge >= 0.3 is 5.97 Å². The van der Waals surface area contributed by atoms with Gasteiger partial charge in [-0.15, -0.1) is 0 Å². The predicted octanol–water partition coefficient (Wildman–Crippen LogP) is 4.45. The van der Waals surface area contributed by atoms with Crippen molar-refractivity contribution in [2.75, 3.05) is 0 Å². The van der Waals surface area contributed by atoms with Crippen molar-refractivity contribution >= 4 is 17.8 Å². The lowest BCUT2D eigenvalue weighted by molar-refractivity contribution is -0.143. The molecule has 234 valence electrons. The molecule has 9 atom stereocenters. The number of rotatable bonds is 11. The van der Waals surface area contributed by atoms with Crippen LogP contribution in [0, 0.1) is 5.92 Å². The monoisotopic (exact) mass is 586 g/mol. The molecule has 9 nitrogen and oxygen atoms in total. The Morgan fingerprint density at radius 3 is 2.43 bits per heavy atom.